The zero-order valence-corrected chi connectivity index (χ0v) is 24.9. The van der Waals surface area contributed by atoms with Gasteiger partial charge in [0.25, 0.3) is 5.56 Å². The number of aromatic amines is 1. The molecule has 0 aliphatic heterocycles. The molecule has 3 N–H and O–H groups in total. The van der Waals surface area contributed by atoms with E-state index in [0.717, 1.165) is 62.7 Å². The van der Waals surface area contributed by atoms with Gasteiger partial charge < -0.3 is 10.0 Å². The highest BCUT2D eigenvalue weighted by Gasteiger charge is 2.37. The van der Waals surface area contributed by atoms with Crippen LogP contribution >= 0.6 is 11.3 Å². The van der Waals surface area contributed by atoms with Crippen molar-refractivity contribution in [2.24, 2.45) is 17.3 Å². The molecular formula is C30H41N5O4S. The fourth-order valence-corrected chi connectivity index (χ4v) is 6.39. The number of thiophene rings is 1. The first-order valence-corrected chi connectivity index (χ1v) is 15.0. The number of carboxylic acids is 1. The van der Waals surface area contributed by atoms with E-state index in [-0.39, 0.29) is 39.8 Å². The van der Waals surface area contributed by atoms with Crippen LogP contribution in [0.3, 0.4) is 0 Å². The number of nitrogens with one attached hydrogen (secondary N) is 2. The molecule has 10 heteroatoms. The Morgan fingerprint density at radius 2 is 1.77 bits per heavy atom. The number of hydrazine groups is 1. The lowest BCUT2D eigenvalue weighted by Gasteiger charge is -2.40. The number of rotatable bonds is 7. The van der Waals surface area contributed by atoms with Crippen molar-refractivity contribution in [3.05, 3.63) is 38.3 Å². The Bertz CT molecular complexity index is 1300. The summed E-state index contributed by atoms with van der Waals surface area (Å²) in [7, 11) is 1.86. The monoisotopic (exact) mass is 567 g/mol. The van der Waals surface area contributed by atoms with Gasteiger partial charge in [-0.2, -0.15) is 5.10 Å². The molecule has 0 atom stereocenters. The molecule has 0 unspecified atom stereocenters. The summed E-state index contributed by atoms with van der Waals surface area (Å²) in [6.07, 6.45) is 6.84. The van der Waals surface area contributed by atoms with Gasteiger partial charge in [-0.05, 0) is 90.2 Å². The zero-order chi connectivity index (χ0) is 29.0. The van der Waals surface area contributed by atoms with Gasteiger partial charge in [-0.25, -0.2) is 15.3 Å². The van der Waals surface area contributed by atoms with Crippen LogP contribution < -0.4 is 20.9 Å². The molecular weight excluding hydrogens is 526 g/mol. The third-order valence-electron chi connectivity index (χ3n) is 7.78. The standard InChI is InChI=1S/C30H41N5O4S/c1-19-6-8-20(9-7-19)28(37)35(24-18-23(16-17-30(2,3)4)40-27(24)29(38)39)22-12-10-21(11-13-22)33-34(5)25-14-15-26(36)32-31-25/h14-15,18-22,33H,6-13H2,1-5H3,(H,32,36)(H,38,39). The number of carboxylic acid groups (broad SMARTS) is 1. The molecule has 4 rings (SSSR count). The predicted octanol–water partition coefficient (Wildman–Crippen LogP) is 5.04. The molecule has 2 aliphatic rings. The maximum absolute atomic E-state index is 14.1. The molecule has 0 spiro atoms. The van der Waals surface area contributed by atoms with Crippen LogP contribution in [0.15, 0.2) is 23.0 Å². The van der Waals surface area contributed by atoms with Gasteiger partial charge in [-0.1, -0.05) is 18.8 Å². The molecule has 2 heterocycles. The van der Waals surface area contributed by atoms with E-state index in [4.69, 9.17) is 0 Å². The summed E-state index contributed by atoms with van der Waals surface area (Å²) < 4.78 is 0. The quantitative estimate of drug-likeness (QED) is 0.317. The number of carbonyl (C=O) groups is 2. The highest BCUT2D eigenvalue weighted by Crippen LogP contribution is 2.39. The molecule has 9 nitrogen and oxygen atoms in total. The van der Waals surface area contributed by atoms with E-state index >= 15 is 0 Å². The van der Waals surface area contributed by atoms with Gasteiger partial charge in [0.15, 0.2) is 5.82 Å². The maximum Gasteiger partial charge on any atom is 0.348 e. The van der Waals surface area contributed by atoms with E-state index in [9.17, 15) is 19.5 Å². The normalized spacial score (nSPS) is 23.1. The van der Waals surface area contributed by atoms with E-state index < -0.39 is 5.97 Å². The van der Waals surface area contributed by atoms with Crippen molar-refractivity contribution in [1.82, 2.24) is 15.6 Å². The molecule has 0 radical (unpaired) electrons. The lowest BCUT2D eigenvalue weighted by Crippen LogP contribution is -2.50. The number of carbonyl (C=O) groups excluding carboxylic acids is 1. The zero-order valence-electron chi connectivity index (χ0n) is 24.1. The molecule has 0 bridgehead atoms. The van der Waals surface area contributed by atoms with Crippen LogP contribution in [0, 0.1) is 29.1 Å². The average molecular weight is 568 g/mol. The fraction of sp³-hybridized carbons (Fsp3) is 0.600. The second-order valence-electron chi connectivity index (χ2n) is 12.3. The van der Waals surface area contributed by atoms with Gasteiger partial charge in [0.2, 0.25) is 5.91 Å². The summed E-state index contributed by atoms with van der Waals surface area (Å²) in [5, 5.41) is 18.5. The first kappa shape index (κ1) is 29.8. The van der Waals surface area contributed by atoms with Gasteiger partial charge in [-0.15, -0.1) is 11.3 Å². The van der Waals surface area contributed by atoms with Gasteiger partial charge in [0.1, 0.15) is 4.88 Å². The lowest BCUT2D eigenvalue weighted by atomic mass is 9.81. The molecule has 216 valence electrons. The minimum absolute atomic E-state index is 0.0495. The highest BCUT2D eigenvalue weighted by atomic mass is 32.1. The summed E-state index contributed by atoms with van der Waals surface area (Å²) in [6, 6.07) is 4.99. The van der Waals surface area contributed by atoms with Crippen LogP contribution in [0.4, 0.5) is 11.5 Å². The third kappa shape index (κ3) is 7.52. The molecule has 1 amide bonds. The fourth-order valence-electron chi connectivity index (χ4n) is 5.55. The predicted molar refractivity (Wildman–Crippen MR) is 159 cm³/mol. The van der Waals surface area contributed by atoms with Gasteiger partial charge in [0, 0.05) is 36.5 Å². The van der Waals surface area contributed by atoms with Gasteiger partial charge >= 0.3 is 5.97 Å². The van der Waals surface area contributed by atoms with E-state index in [1.807, 2.05) is 38.8 Å². The second-order valence-corrected chi connectivity index (χ2v) is 13.3. The number of amides is 1. The van der Waals surface area contributed by atoms with Crippen molar-refractivity contribution in [2.75, 3.05) is 17.0 Å². The van der Waals surface area contributed by atoms with Crippen LogP contribution in [-0.2, 0) is 4.79 Å². The van der Waals surface area contributed by atoms with Crippen molar-refractivity contribution >= 4 is 34.7 Å². The average Bonchev–Trinajstić information content (AvgIpc) is 3.33. The lowest BCUT2D eigenvalue weighted by molar-refractivity contribution is -0.124. The van der Waals surface area contributed by atoms with Crippen molar-refractivity contribution in [2.45, 2.75) is 91.1 Å². The molecule has 2 fully saturated rings. The third-order valence-corrected chi connectivity index (χ3v) is 8.80. The number of hydrogen-bond donors (Lipinski definition) is 3. The minimum Gasteiger partial charge on any atom is -0.477 e. The number of anilines is 2. The van der Waals surface area contributed by atoms with E-state index in [1.54, 1.807) is 11.1 Å². The molecule has 2 saturated carbocycles. The number of aromatic nitrogens is 2. The summed E-state index contributed by atoms with van der Waals surface area (Å²) in [5.74, 6) is 6.52. The summed E-state index contributed by atoms with van der Waals surface area (Å²) in [6.45, 7) is 8.28. The number of hydrogen-bond acceptors (Lipinski definition) is 7. The van der Waals surface area contributed by atoms with Crippen LogP contribution in [-0.4, -0.2) is 46.3 Å². The molecule has 2 aromatic heterocycles. The van der Waals surface area contributed by atoms with Crippen LogP contribution in [0.5, 0.6) is 0 Å². The van der Waals surface area contributed by atoms with Gasteiger partial charge in [-0.3, -0.25) is 14.6 Å². The maximum atomic E-state index is 14.1. The number of H-pyrrole nitrogens is 1. The first-order valence-electron chi connectivity index (χ1n) is 14.2. The van der Waals surface area contributed by atoms with Crippen molar-refractivity contribution in [1.29, 1.82) is 0 Å². The van der Waals surface area contributed by atoms with Crippen molar-refractivity contribution < 1.29 is 14.7 Å². The Kier molecular flexibility index (Phi) is 9.37. The number of nitrogens with zero attached hydrogens (tertiary/aromatic N) is 3. The highest BCUT2D eigenvalue weighted by molar-refractivity contribution is 7.15. The van der Waals surface area contributed by atoms with Crippen LogP contribution in [0.2, 0.25) is 0 Å². The van der Waals surface area contributed by atoms with Crippen molar-refractivity contribution in [3.8, 4) is 11.8 Å². The SMILES string of the molecule is CC1CCC(C(=O)N(c2cc(C#CC(C)(C)C)sc2C(=O)O)C2CCC(NN(C)c3ccc(=O)[nH]n3)CC2)CC1. The Hall–Kier alpha value is -3.16. The van der Waals surface area contributed by atoms with Gasteiger partial charge in [0.05, 0.1) is 10.6 Å². The van der Waals surface area contributed by atoms with E-state index in [1.165, 1.54) is 6.07 Å². The topological polar surface area (TPSA) is 119 Å². The molecule has 40 heavy (non-hydrogen) atoms. The molecule has 2 aromatic rings. The van der Waals surface area contributed by atoms with Crippen LogP contribution in [0.25, 0.3) is 0 Å². The smallest absolute Gasteiger partial charge is 0.348 e. The number of aromatic carboxylic acids is 1. The Balaban J connectivity index is 1.57. The minimum atomic E-state index is -1.02. The summed E-state index contributed by atoms with van der Waals surface area (Å²) in [5.41, 5.74) is 3.47. The molecule has 0 saturated heterocycles. The van der Waals surface area contributed by atoms with Crippen LogP contribution in [0.1, 0.15) is 93.6 Å². The first-order chi connectivity index (χ1) is 18.9. The Labute approximate surface area is 240 Å². The molecule has 0 aromatic carbocycles. The summed E-state index contributed by atoms with van der Waals surface area (Å²) in [4.78, 5) is 40.5. The largest absolute Gasteiger partial charge is 0.477 e. The summed E-state index contributed by atoms with van der Waals surface area (Å²) >= 11 is 1.15. The Morgan fingerprint density at radius 1 is 1.10 bits per heavy atom. The van der Waals surface area contributed by atoms with E-state index in [0.29, 0.717) is 22.3 Å². The van der Waals surface area contributed by atoms with Crippen molar-refractivity contribution in [3.63, 3.8) is 0 Å². The Morgan fingerprint density at radius 3 is 2.35 bits per heavy atom. The second kappa shape index (κ2) is 12.6. The van der Waals surface area contributed by atoms with E-state index in [2.05, 4.69) is 34.4 Å². The molecule has 2 aliphatic carbocycles.